The van der Waals surface area contributed by atoms with Crippen molar-refractivity contribution in [2.24, 2.45) is 0 Å². The summed E-state index contributed by atoms with van der Waals surface area (Å²) in [7, 11) is 0. The summed E-state index contributed by atoms with van der Waals surface area (Å²) in [5.74, 6) is 0. The summed E-state index contributed by atoms with van der Waals surface area (Å²) in [6.45, 7) is 3.48. The molecule has 2 aromatic rings. The van der Waals surface area contributed by atoms with Crippen molar-refractivity contribution in [1.82, 2.24) is 0 Å². The number of benzene rings is 2. The van der Waals surface area contributed by atoms with Crippen LogP contribution in [0.15, 0.2) is 42.5 Å². The van der Waals surface area contributed by atoms with E-state index in [0.29, 0.717) is 6.61 Å². The SMILES string of the molecule is CCOCC1OC1c1cccc2c1Cc1ccccc1-2. The second-order valence-corrected chi connectivity index (χ2v) is 5.46. The van der Waals surface area contributed by atoms with Crippen molar-refractivity contribution >= 4 is 0 Å². The highest BCUT2D eigenvalue weighted by molar-refractivity contribution is 5.78. The summed E-state index contributed by atoms with van der Waals surface area (Å²) in [5, 5.41) is 0. The number of hydrogen-bond acceptors (Lipinski definition) is 2. The van der Waals surface area contributed by atoms with Crippen LogP contribution in [0.3, 0.4) is 0 Å². The zero-order valence-electron chi connectivity index (χ0n) is 11.6. The number of fused-ring (bicyclic) bond motifs is 3. The molecule has 0 saturated carbocycles. The number of ether oxygens (including phenoxy) is 2. The van der Waals surface area contributed by atoms with Crippen molar-refractivity contribution in [3.63, 3.8) is 0 Å². The van der Waals surface area contributed by atoms with Gasteiger partial charge in [0.05, 0.1) is 6.61 Å². The Morgan fingerprint density at radius 3 is 2.85 bits per heavy atom. The molecule has 0 radical (unpaired) electrons. The maximum Gasteiger partial charge on any atom is 0.112 e. The fraction of sp³-hybridized carbons (Fsp3) is 0.333. The fourth-order valence-electron chi connectivity index (χ4n) is 3.23. The molecule has 102 valence electrons. The molecule has 2 heteroatoms. The van der Waals surface area contributed by atoms with E-state index in [4.69, 9.17) is 9.47 Å². The van der Waals surface area contributed by atoms with Gasteiger partial charge < -0.3 is 9.47 Å². The van der Waals surface area contributed by atoms with Crippen molar-refractivity contribution in [2.75, 3.05) is 13.2 Å². The van der Waals surface area contributed by atoms with Crippen LogP contribution in [0.2, 0.25) is 0 Å². The standard InChI is InChI=1S/C18H18O2/c1-2-19-11-17-18(20-17)15-9-5-8-14-13-7-4-3-6-12(13)10-16(14)15/h3-9,17-18H,2,10-11H2,1H3. The minimum Gasteiger partial charge on any atom is -0.379 e. The van der Waals surface area contributed by atoms with Crippen LogP contribution < -0.4 is 0 Å². The highest BCUT2D eigenvalue weighted by Crippen LogP contribution is 2.46. The van der Waals surface area contributed by atoms with Gasteiger partial charge in [-0.1, -0.05) is 42.5 Å². The van der Waals surface area contributed by atoms with Gasteiger partial charge in [0.25, 0.3) is 0 Å². The molecule has 2 aromatic carbocycles. The van der Waals surface area contributed by atoms with E-state index in [-0.39, 0.29) is 12.2 Å². The predicted octanol–water partition coefficient (Wildman–Crippen LogP) is 3.73. The third-order valence-corrected chi connectivity index (χ3v) is 4.26. The van der Waals surface area contributed by atoms with Crippen LogP contribution in [-0.2, 0) is 15.9 Å². The molecule has 0 amide bonds. The molecule has 1 saturated heterocycles. The van der Waals surface area contributed by atoms with E-state index in [1.807, 2.05) is 6.92 Å². The Bertz CT molecular complexity index is 648. The van der Waals surface area contributed by atoms with Crippen LogP contribution in [0.4, 0.5) is 0 Å². The van der Waals surface area contributed by atoms with E-state index in [1.165, 1.54) is 27.8 Å². The second kappa shape index (κ2) is 4.72. The van der Waals surface area contributed by atoms with E-state index < -0.39 is 0 Å². The van der Waals surface area contributed by atoms with Gasteiger partial charge in [-0.15, -0.1) is 0 Å². The van der Waals surface area contributed by atoms with Crippen LogP contribution >= 0.6 is 0 Å². The molecule has 0 bridgehead atoms. The Morgan fingerprint density at radius 1 is 1.10 bits per heavy atom. The lowest BCUT2D eigenvalue weighted by Gasteiger charge is -2.06. The van der Waals surface area contributed by atoms with Crippen LogP contribution in [0, 0.1) is 0 Å². The molecule has 0 N–H and O–H groups in total. The summed E-state index contributed by atoms with van der Waals surface area (Å²) >= 11 is 0. The smallest absolute Gasteiger partial charge is 0.112 e. The molecule has 1 aliphatic heterocycles. The van der Waals surface area contributed by atoms with Gasteiger partial charge in [-0.05, 0) is 41.2 Å². The Hall–Kier alpha value is -1.64. The van der Waals surface area contributed by atoms with Gasteiger partial charge in [-0.25, -0.2) is 0 Å². The van der Waals surface area contributed by atoms with Gasteiger partial charge in [-0.3, -0.25) is 0 Å². The molecule has 2 nitrogen and oxygen atoms in total. The molecule has 4 rings (SSSR count). The minimum absolute atomic E-state index is 0.228. The summed E-state index contributed by atoms with van der Waals surface area (Å²) in [6, 6.07) is 15.3. The molecule has 0 spiro atoms. The topological polar surface area (TPSA) is 21.8 Å². The molecule has 2 aliphatic rings. The average molecular weight is 266 g/mol. The van der Waals surface area contributed by atoms with Gasteiger partial charge in [0.15, 0.2) is 0 Å². The Balaban J connectivity index is 1.65. The first-order valence-corrected chi connectivity index (χ1v) is 7.31. The first-order valence-electron chi connectivity index (χ1n) is 7.31. The molecular weight excluding hydrogens is 248 g/mol. The highest BCUT2D eigenvalue weighted by atomic mass is 16.6. The lowest BCUT2D eigenvalue weighted by atomic mass is 9.98. The van der Waals surface area contributed by atoms with Crippen LogP contribution in [0.5, 0.6) is 0 Å². The minimum atomic E-state index is 0.228. The molecule has 20 heavy (non-hydrogen) atoms. The summed E-state index contributed by atoms with van der Waals surface area (Å²) in [5.41, 5.74) is 6.98. The lowest BCUT2D eigenvalue weighted by Crippen LogP contribution is -2.02. The van der Waals surface area contributed by atoms with Crippen LogP contribution in [-0.4, -0.2) is 19.3 Å². The van der Waals surface area contributed by atoms with Gasteiger partial charge >= 0.3 is 0 Å². The Labute approximate surface area is 119 Å². The molecule has 2 unspecified atom stereocenters. The molecular formula is C18H18O2. The maximum atomic E-state index is 5.80. The first-order chi connectivity index (χ1) is 9.88. The third-order valence-electron chi connectivity index (χ3n) is 4.26. The van der Waals surface area contributed by atoms with Gasteiger partial charge in [0.1, 0.15) is 12.2 Å². The van der Waals surface area contributed by atoms with Crippen molar-refractivity contribution in [3.05, 3.63) is 59.2 Å². The maximum absolute atomic E-state index is 5.80. The van der Waals surface area contributed by atoms with Crippen molar-refractivity contribution in [3.8, 4) is 11.1 Å². The molecule has 1 heterocycles. The normalized spacial score (nSPS) is 22.4. The quantitative estimate of drug-likeness (QED) is 0.671. The van der Waals surface area contributed by atoms with E-state index in [2.05, 4.69) is 42.5 Å². The van der Waals surface area contributed by atoms with E-state index in [1.54, 1.807) is 0 Å². The third kappa shape index (κ3) is 1.88. The highest BCUT2D eigenvalue weighted by Gasteiger charge is 2.42. The zero-order valence-corrected chi connectivity index (χ0v) is 11.6. The molecule has 1 fully saturated rings. The largest absolute Gasteiger partial charge is 0.379 e. The Kier molecular flexibility index (Phi) is 2.86. The number of rotatable bonds is 4. The number of hydrogen-bond donors (Lipinski definition) is 0. The van der Waals surface area contributed by atoms with Crippen LogP contribution in [0.25, 0.3) is 11.1 Å². The van der Waals surface area contributed by atoms with Gasteiger partial charge in [0, 0.05) is 6.61 Å². The van der Waals surface area contributed by atoms with Gasteiger partial charge in [-0.2, -0.15) is 0 Å². The molecule has 0 aromatic heterocycles. The summed E-state index contributed by atoms with van der Waals surface area (Å²) in [4.78, 5) is 0. The molecule has 2 atom stereocenters. The summed E-state index contributed by atoms with van der Waals surface area (Å²) in [6.07, 6.45) is 1.50. The monoisotopic (exact) mass is 266 g/mol. The van der Waals surface area contributed by atoms with Crippen molar-refractivity contribution in [1.29, 1.82) is 0 Å². The zero-order chi connectivity index (χ0) is 13.5. The van der Waals surface area contributed by atoms with Crippen molar-refractivity contribution < 1.29 is 9.47 Å². The van der Waals surface area contributed by atoms with E-state index in [0.717, 1.165) is 13.0 Å². The van der Waals surface area contributed by atoms with Crippen molar-refractivity contribution in [2.45, 2.75) is 25.6 Å². The first kappa shape index (κ1) is 12.1. The van der Waals surface area contributed by atoms with Crippen LogP contribution in [0.1, 0.15) is 29.7 Å². The summed E-state index contributed by atoms with van der Waals surface area (Å²) < 4.78 is 11.3. The molecule has 1 aliphatic carbocycles. The number of epoxide rings is 1. The van der Waals surface area contributed by atoms with E-state index >= 15 is 0 Å². The Morgan fingerprint density at radius 2 is 1.95 bits per heavy atom. The second-order valence-electron chi connectivity index (χ2n) is 5.46. The average Bonchev–Trinajstić information content (AvgIpc) is 3.16. The lowest BCUT2D eigenvalue weighted by molar-refractivity contribution is 0.128. The predicted molar refractivity (Wildman–Crippen MR) is 78.8 cm³/mol. The van der Waals surface area contributed by atoms with E-state index in [9.17, 15) is 0 Å². The fourth-order valence-corrected chi connectivity index (χ4v) is 3.23. The van der Waals surface area contributed by atoms with Gasteiger partial charge in [0.2, 0.25) is 0 Å².